The standard InChI is InChI=1S/C18H21N5O2/c1-11(16(25-3)12-4-6-13(24-2)7-5-12)22-17-14-8-9-15(19)23-18(14)21-10-20-17/h4-11,16H,1-3H3,(H3,19,20,21,22,23)/t11-,16+/m1/s1. The maximum atomic E-state index is 5.72. The molecule has 0 radical (unpaired) electrons. The summed E-state index contributed by atoms with van der Waals surface area (Å²) in [5.74, 6) is 1.93. The number of fused-ring (bicyclic) bond motifs is 1. The Morgan fingerprint density at radius 1 is 1.04 bits per heavy atom. The number of aromatic nitrogens is 3. The van der Waals surface area contributed by atoms with E-state index in [-0.39, 0.29) is 12.1 Å². The maximum absolute atomic E-state index is 5.72. The second-order valence-corrected chi connectivity index (χ2v) is 5.69. The maximum Gasteiger partial charge on any atom is 0.166 e. The summed E-state index contributed by atoms with van der Waals surface area (Å²) in [6.45, 7) is 2.04. The third-order valence-corrected chi connectivity index (χ3v) is 4.04. The van der Waals surface area contributed by atoms with Crippen molar-refractivity contribution in [2.24, 2.45) is 0 Å². The summed E-state index contributed by atoms with van der Waals surface area (Å²) in [5.41, 5.74) is 7.33. The minimum absolute atomic E-state index is 0.0333. The number of nitrogens with zero attached hydrogens (tertiary/aromatic N) is 3. The van der Waals surface area contributed by atoms with Crippen molar-refractivity contribution in [3.05, 3.63) is 48.3 Å². The number of hydrogen-bond acceptors (Lipinski definition) is 7. The van der Waals surface area contributed by atoms with Gasteiger partial charge in [0, 0.05) is 7.11 Å². The number of pyridine rings is 1. The van der Waals surface area contributed by atoms with E-state index in [4.69, 9.17) is 15.2 Å². The molecule has 0 fully saturated rings. The summed E-state index contributed by atoms with van der Waals surface area (Å²) in [7, 11) is 3.33. The number of anilines is 2. The first-order valence-corrected chi connectivity index (χ1v) is 7.93. The Balaban J connectivity index is 1.85. The van der Waals surface area contributed by atoms with E-state index in [1.807, 2.05) is 37.3 Å². The van der Waals surface area contributed by atoms with Crippen molar-refractivity contribution >= 4 is 22.7 Å². The van der Waals surface area contributed by atoms with Gasteiger partial charge in [0.05, 0.1) is 18.5 Å². The molecule has 0 saturated heterocycles. The van der Waals surface area contributed by atoms with Crippen molar-refractivity contribution in [2.45, 2.75) is 19.1 Å². The molecule has 7 heteroatoms. The average Bonchev–Trinajstić information content (AvgIpc) is 2.63. The van der Waals surface area contributed by atoms with Gasteiger partial charge in [0.1, 0.15) is 29.8 Å². The predicted molar refractivity (Wildman–Crippen MR) is 97.6 cm³/mol. The Hall–Kier alpha value is -2.93. The largest absolute Gasteiger partial charge is 0.497 e. The highest BCUT2D eigenvalue weighted by atomic mass is 16.5. The van der Waals surface area contributed by atoms with Crippen LogP contribution in [0.1, 0.15) is 18.6 Å². The van der Waals surface area contributed by atoms with Gasteiger partial charge in [-0.15, -0.1) is 0 Å². The molecule has 2 aromatic heterocycles. The van der Waals surface area contributed by atoms with Crippen molar-refractivity contribution in [3.63, 3.8) is 0 Å². The fraction of sp³-hybridized carbons (Fsp3) is 0.278. The van der Waals surface area contributed by atoms with Crippen LogP contribution >= 0.6 is 0 Å². The van der Waals surface area contributed by atoms with Crippen molar-refractivity contribution in [2.75, 3.05) is 25.3 Å². The Kier molecular flexibility index (Phi) is 4.95. The number of nitrogens with one attached hydrogen (secondary N) is 1. The molecular weight excluding hydrogens is 318 g/mol. The van der Waals surface area contributed by atoms with Crippen molar-refractivity contribution < 1.29 is 9.47 Å². The zero-order valence-corrected chi connectivity index (χ0v) is 14.4. The molecule has 0 aliphatic carbocycles. The highest BCUT2D eigenvalue weighted by Crippen LogP contribution is 2.27. The number of hydrogen-bond donors (Lipinski definition) is 2. The summed E-state index contributed by atoms with van der Waals surface area (Å²) in [5, 5.41) is 4.21. The number of rotatable bonds is 6. The minimum Gasteiger partial charge on any atom is -0.497 e. The Morgan fingerprint density at radius 3 is 2.48 bits per heavy atom. The number of methoxy groups -OCH3 is 2. The molecular formula is C18H21N5O2. The lowest BCUT2D eigenvalue weighted by Crippen LogP contribution is -2.26. The molecule has 3 N–H and O–H groups in total. The highest BCUT2D eigenvalue weighted by molar-refractivity contribution is 5.87. The Bertz CT molecular complexity index is 854. The molecule has 0 unspecified atom stereocenters. The molecule has 3 rings (SSSR count). The molecule has 25 heavy (non-hydrogen) atoms. The van der Waals surface area contributed by atoms with Crippen LogP contribution in [-0.4, -0.2) is 35.2 Å². The molecule has 2 heterocycles. The van der Waals surface area contributed by atoms with E-state index in [0.717, 1.165) is 16.7 Å². The summed E-state index contributed by atoms with van der Waals surface area (Å²) in [6, 6.07) is 11.4. The van der Waals surface area contributed by atoms with Gasteiger partial charge in [-0.05, 0) is 36.8 Å². The topological polar surface area (TPSA) is 95.2 Å². The van der Waals surface area contributed by atoms with Crippen LogP contribution in [0, 0.1) is 0 Å². The highest BCUT2D eigenvalue weighted by Gasteiger charge is 2.20. The van der Waals surface area contributed by atoms with Gasteiger partial charge in [-0.25, -0.2) is 15.0 Å². The van der Waals surface area contributed by atoms with Crippen LogP contribution in [0.15, 0.2) is 42.7 Å². The van der Waals surface area contributed by atoms with E-state index in [2.05, 4.69) is 20.3 Å². The number of ether oxygens (including phenoxy) is 2. The van der Waals surface area contributed by atoms with Crippen molar-refractivity contribution in [1.82, 2.24) is 15.0 Å². The van der Waals surface area contributed by atoms with Gasteiger partial charge in [0.2, 0.25) is 0 Å². The van der Waals surface area contributed by atoms with Crippen molar-refractivity contribution in [1.29, 1.82) is 0 Å². The van der Waals surface area contributed by atoms with Crippen LogP contribution < -0.4 is 15.8 Å². The summed E-state index contributed by atoms with van der Waals surface area (Å²) in [6.07, 6.45) is 1.32. The van der Waals surface area contributed by atoms with Crippen LogP contribution in [0.25, 0.3) is 11.0 Å². The van der Waals surface area contributed by atoms with E-state index >= 15 is 0 Å². The second kappa shape index (κ2) is 7.31. The molecule has 2 atom stereocenters. The molecule has 3 aromatic rings. The fourth-order valence-corrected chi connectivity index (χ4v) is 2.79. The Labute approximate surface area is 146 Å². The number of nitrogens with two attached hydrogens (primary N) is 1. The Morgan fingerprint density at radius 2 is 1.80 bits per heavy atom. The van der Waals surface area contributed by atoms with Crippen LogP contribution in [0.2, 0.25) is 0 Å². The van der Waals surface area contributed by atoms with Crippen LogP contribution in [0.3, 0.4) is 0 Å². The number of benzene rings is 1. The van der Waals surface area contributed by atoms with E-state index in [1.165, 1.54) is 6.33 Å². The van der Waals surface area contributed by atoms with E-state index in [1.54, 1.807) is 20.3 Å². The molecule has 0 aliphatic rings. The van der Waals surface area contributed by atoms with Crippen molar-refractivity contribution in [3.8, 4) is 5.75 Å². The first kappa shape index (κ1) is 16.9. The molecule has 0 aliphatic heterocycles. The van der Waals surface area contributed by atoms with Gasteiger partial charge in [0.25, 0.3) is 0 Å². The quantitative estimate of drug-likeness (QED) is 0.713. The van der Waals surface area contributed by atoms with Gasteiger partial charge in [-0.3, -0.25) is 0 Å². The molecule has 0 amide bonds. The number of nitrogen functional groups attached to an aromatic ring is 1. The van der Waals surface area contributed by atoms with Gasteiger partial charge >= 0.3 is 0 Å². The summed E-state index contributed by atoms with van der Waals surface area (Å²) < 4.78 is 10.9. The van der Waals surface area contributed by atoms with Gasteiger partial charge in [-0.2, -0.15) is 0 Å². The van der Waals surface area contributed by atoms with E-state index in [9.17, 15) is 0 Å². The molecule has 1 aromatic carbocycles. The van der Waals surface area contributed by atoms with Gasteiger partial charge in [0.15, 0.2) is 5.65 Å². The van der Waals surface area contributed by atoms with Crippen LogP contribution in [-0.2, 0) is 4.74 Å². The smallest absolute Gasteiger partial charge is 0.166 e. The monoisotopic (exact) mass is 339 g/mol. The SMILES string of the molecule is COc1ccc([C@@H](OC)[C@@H](C)Nc2ncnc3nc(N)ccc23)cc1. The predicted octanol–water partition coefficient (Wildman–Crippen LogP) is 2.80. The van der Waals surface area contributed by atoms with E-state index in [0.29, 0.717) is 17.3 Å². The molecule has 0 spiro atoms. The minimum atomic E-state index is -0.155. The normalized spacial score (nSPS) is 13.4. The zero-order chi connectivity index (χ0) is 17.8. The first-order valence-electron chi connectivity index (χ1n) is 7.93. The molecule has 7 nitrogen and oxygen atoms in total. The third kappa shape index (κ3) is 3.61. The van der Waals surface area contributed by atoms with Gasteiger partial charge in [-0.1, -0.05) is 12.1 Å². The fourth-order valence-electron chi connectivity index (χ4n) is 2.79. The first-order chi connectivity index (χ1) is 12.1. The lowest BCUT2D eigenvalue weighted by atomic mass is 10.0. The summed E-state index contributed by atoms with van der Waals surface area (Å²) >= 11 is 0. The average molecular weight is 339 g/mol. The molecule has 0 bridgehead atoms. The zero-order valence-electron chi connectivity index (χ0n) is 14.4. The van der Waals surface area contributed by atoms with E-state index < -0.39 is 0 Å². The second-order valence-electron chi connectivity index (χ2n) is 5.69. The lowest BCUT2D eigenvalue weighted by molar-refractivity contribution is 0.0907. The molecule has 130 valence electrons. The third-order valence-electron chi connectivity index (χ3n) is 4.04. The van der Waals surface area contributed by atoms with Crippen LogP contribution in [0.4, 0.5) is 11.6 Å². The lowest BCUT2D eigenvalue weighted by Gasteiger charge is -2.25. The van der Waals surface area contributed by atoms with Gasteiger partial charge < -0.3 is 20.5 Å². The van der Waals surface area contributed by atoms with Crippen LogP contribution in [0.5, 0.6) is 5.75 Å². The summed E-state index contributed by atoms with van der Waals surface area (Å²) in [4.78, 5) is 12.7. The molecule has 0 saturated carbocycles.